The number of aliphatic hydroxyl groups excluding tert-OH is 1. The number of rotatable bonds is 1. The minimum Gasteiger partial charge on any atom is -0.389 e. The van der Waals surface area contributed by atoms with E-state index in [9.17, 15) is 5.11 Å². The third-order valence-electron chi connectivity index (χ3n) is 4.17. The molecule has 2 aliphatic rings. The van der Waals surface area contributed by atoms with Crippen molar-refractivity contribution < 1.29 is 9.84 Å². The standard InChI is InChI=1S/C12H20O2/c1-7(2)8-6-9-12(5,14-9)10(13)11(8,3)4/h8-10,13H,1,6H2,2-5H3/t8-,9+,10-,12+/m0/s1. The first kappa shape index (κ1) is 10.2. The molecule has 80 valence electrons. The van der Waals surface area contributed by atoms with Gasteiger partial charge in [-0.2, -0.15) is 0 Å². The molecule has 2 heteroatoms. The number of allylic oxidation sites excluding steroid dienone is 1. The van der Waals surface area contributed by atoms with Crippen LogP contribution in [-0.4, -0.2) is 22.9 Å². The van der Waals surface area contributed by atoms with Crippen molar-refractivity contribution in [3.63, 3.8) is 0 Å². The van der Waals surface area contributed by atoms with Crippen LogP contribution >= 0.6 is 0 Å². The molecule has 0 aromatic rings. The van der Waals surface area contributed by atoms with E-state index in [1.165, 1.54) is 0 Å². The van der Waals surface area contributed by atoms with Crippen molar-refractivity contribution in [1.82, 2.24) is 0 Å². The molecule has 1 saturated heterocycles. The number of fused-ring (bicyclic) bond motifs is 1. The molecule has 14 heavy (non-hydrogen) atoms. The Morgan fingerprint density at radius 1 is 1.43 bits per heavy atom. The number of aliphatic hydroxyl groups is 1. The SMILES string of the molecule is C=C(C)[C@@H]1C[C@H]2O[C@@]2(C)[C@@H](O)C1(C)C. The minimum absolute atomic E-state index is 0.117. The summed E-state index contributed by atoms with van der Waals surface area (Å²) >= 11 is 0. The Morgan fingerprint density at radius 3 is 2.50 bits per heavy atom. The van der Waals surface area contributed by atoms with Gasteiger partial charge in [0, 0.05) is 5.41 Å². The molecule has 0 bridgehead atoms. The van der Waals surface area contributed by atoms with Crippen molar-refractivity contribution >= 4 is 0 Å². The van der Waals surface area contributed by atoms with Gasteiger partial charge in [0.25, 0.3) is 0 Å². The molecule has 1 aliphatic heterocycles. The highest BCUT2D eigenvalue weighted by Crippen LogP contribution is 2.57. The van der Waals surface area contributed by atoms with Gasteiger partial charge in [0.15, 0.2) is 0 Å². The highest BCUT2D eigenvalue weighted by molar-refractivity contribution is 5.20. The molecule has 2 nitrogen and oxygen atoms in total. The maximum atomic E-state index is 10.3. The molecule has 1 saturated carbocycles. The first-order chi connectivity index (χ1) is 6.30. The van der Waals surface area contributed by atoms with Crippen molar-refractivity contribution in [2.75, 3.05) is 0 Å². The molecular weight excluding hydrogens is 176 g/mol. The molecule has 1 aliphatic carbocycles. The lowest BCUT2D eigenvalue weighted by molar-refractivity contribution is -0.0415. The summed E-state index contributed by atoms with van der Waals surface area (Å²) in [5.74, 6) is 0.373. The Labute approximate surface area is 86.0 Å². The largest absolute Gasteiger partial charge is 0.389 e. The van der Waals surface area contributed by atoms with Crippen LogP contribution in [0.15, 0.2) is 12.2 Å². The van der Waals surface area contributed by atoms with Crippen LogP contribution in [0.5, 0.6) is 0 Å². The Balaban J connectivity index is 2.29. The lowest BCUT2D eigenvalue weighted by Crippen LogP contribution is -2.50. The van der Waals surface area contributed by atoms with Crippen LogP contribution in [0.3, 0.4) is 0 Å². The first-order valence-corrected chi connectivity index (χ1v) is 5.31. The van der Waals surface area contributed by atoms with E-state index in [0.29, 0.717) is 5.92 Å². The minimum atomic E-state index is -0.379. The van der Waals surface area contributed by atoms with Gasteiger partial charge in [-0.25, -0.2) is 0 Å². The third kappa shape index (κ3) is 1.10. The summed E-state index contributed by atoms with van der Waals surface area (Å²) in [6, 6.07) is 0. The summed E-state index contributed by atoms with van der Waals surface area (Å²) in [5.41, 5.74) is 0.759. The fourth-order valence-corrected chi connectivity index (χ4v) is 3.08. The van der Waals surface area contributed by atoms with Crippen molar-refractivity contribution in [2.45, 2.75) is 51.9 Å². The zero-order valence-electron chi connectivity index (χ0n) is 9.50. The lowest BCUT2D eigenvalue weighted by Gasteiger charge is -2.43. The second-order valence-corrected chi connectivity index (χ2v) is 5.65. The molecule has 0 amide bonds. The van der Waals surface area contributed by atoms with Crippen molar-refractivity contribution in [3.05, 3.63) is 12.2 Å². The topological polar surface area (TPSA) is 32.8 Å². The summed E-state index contributed by atoms with van der Waals surface area (Å²) in [6.45, 7) is 12.3. The second kappa shape index (κ2) is 2.61. The van der Waals surface area contributed by atoms with E-state index < -0.39 is 0 Å². The fourth-order valence-electron chi connectivity index (χ4n) is 3.08. The maximum Gasteiger partial charge on any atom is 0.118 e. The van der Waals surface area contributed by atoms with Crippen LogP contribution in [0.1, 0.15) is 34.1 Å². The normalized spacial score (nSPS) is 49.6. The third-order valence-corrected chi connectivity index (χ3v) is 4.17. The summed E-state index contributed by atoms with van der Waals surface area (Å²) in [5, 5.41) is 10.3. The number of hydrogen-bond donors (Lipinski definition) is 1. The fraction of sp³-hybridized carbons (Fsp3) is 0.833. The highest BCUT2D eigenvalue weighted by atomic mass is 16.6. The summed E-state index contributed by atoms with van der Waals surface area (Å²) in [7, 11) is 0. The maximum absolute atomic E-state index is 10.3. The Bertz CT molecular complexity index is 282. The van der Waals surface area contributed by atoms with E-state index in [1.54, 1.807) is 0 Å². The molecule has 0 aromatic carbocycles. The predicted octanol–water partition coefficient (Wildman–Crippen LogP) is 2.13. The highest BCUT2D eigenvalue weighted by Gasteiger charge is 2.66. The molecule has 2 rings (SSSR count). The average Bonchev–Trinajstić information content (AvgIpc) is 2.71. The average molecular weight is 196 g/mol. The Morgan fingerprint density at radius 2 is 2.00 bits per heavy atom. The van der Waals surface area contributed by atoms with Gasteiger partial charge in [0.2, 0.25) is 0 Å². The van der Waals surface area contributed by atoms with E-state index in [0.717, 1.165) is 12.0 Å². The quantitative estimate of drug-likeness (QED) is 0.515. The lowest BCUT2D eigenvalue weighted by atomic mass is 9.61. The molecule has 0 unspecified atom stereocenters. The van der Waals surface area contributed by atoms with Crippen LogP contribution in [0.2, 0.25) is 0 Å². The smallest absolute Gasteiger partial charge is 0.118 e. The monoisotopic (exact) mass is 196 g/mol. The zero-order valence-corrected chi connectivity index (χ0v) is 9.50. The van der Waals surface area contributed by atoms with Gasteiger partial charge in [-0.3, -0.25) is 0 Å². The summed E-state index contributed by atoms with van der Waals surface area (Å²) < 4.78 is 5.60. The van der Waals surface area contributed by atoms with Crippen molar-refractivity contribution in [1.29, 1.82) is 0 Å². The molecule has 2 fully saturated rings. The Kier molecular flexibility index (Phi) is 1.90. The van der Waals surface area contributed by atoms with Gasteiger partial charge in [-0.15, -0.1) is 0 Å². The van der Waals surface area contributed by atoms with Gasteiger partial charge in [-0.1, -0.05) is 26.0 Å². The van der Waals surface area contributed by atoms with Gasteiger partial charge in [0.05, 0.1) is 12.2 Å². The van der Waals surface area contributed by atoms with Crippen molar-refractivity contribution in [2.24, 2.45) is 11.3 Å². The van der Waals surface area contributed by atoms with Crippen LogP contribution in [0.4, 0.5) is 0 Å². The number of epoxide rings is 1. The molecule has 0 radical (unpaired) electrons. The molecule has 1 N–H and O–H groups in total. The van der Waals surface area contributed by atoms with Gasteiger partial charge >= 0.3 is 0 Å². The summed E-state index contributed by atoms with van der Waals surface area (Å²) in [4.78, 5) is 0. The van der Waals surface area contributed by atoms with Crippen molar-refractivity contribution in [3.8, 4) is 0 Å². The van der Waals surface area contributed by atoms with Crippen LogP contribution in [0, 0.1) is 11.3 Å². The number of hydrogen-bond acceptors (Lipinski definition) is 2. The predicted molar refractivity (Wildman–Crippen MR) is 56.0 cm³/mol. The molecule has 4 atom stereocenters. The molecule has 1 heterocycles. The molecular formula is C12H20O2. The van der Waals surface area contributed by atoms with Crippen LogP contribution in [0.25, 0.3) is 0 Å². The van der Waals surface area contributed by atoms with E-state index in [1.807, 2.05) is 13.8 Å². The number of ether oxygens (including phenoxy) is 1. The van der Waals surface area contributed by atoms with Gasteiger partial charge in [0.1, 0.15) is 5.60 Å². The Hall–Kier alpha value is -0.340. The summed E-state index contributed by atoms with van der Waals surface area (Å²) in [6.07, 6.45) is 0.873. The second-order valence-electron chi connectivity index (χ2n) is 5.65. The first-order valence-electron chi connectivity index (χ1n) is 5.31. The molecule has 0 aromatic heterocycles. The van der Waals surface area contributed by atoms with E-state index in [4.69, 9.17) is 4.74 Å². The van der Waals surface area contributed by atoms with E-state index >= 15 is 0 Å². The van der Waals surface area contributed by atoms with Gasteiger partial charge < -0.3 is 9.84 Å². The van der Waals surface area contributed by atoms with Crippen LogP contribution < -0.4 is 0 Å². The van der Waals surface area contributed by atoms with E-state index in [2.05, 4.69) is 20.4 Å². The van der Waals surface area contributed by atoms with Gasteiger partial charge in [-0.05, 0) is 26.2 Å². The molecule has 0 spiro atoms. The van der Waals surface area contributed by atoms with Crippen LogP contribution in [-0.2, 0) is 4.74 Å². The zero-order chi connectivity index (χ0) is 10.7. The van der Waals surface area contributed by atoms with E-state index in [-0.39, 0.29) is 23.2 Å².